The highest BCUT2D eigenvalue weighted by Crippen LogP contribution is 2.39. The Morgan fingerprint density at radius 2 is 1.90 bits per heavy atom. The second kappa shape index (κ2) is 4.91. The van der Waals surface area contributed by atoms with Crippen LogP contribution in [0.4, 0.5) is 0 Å². The maximum absolute atomic E-state index is 5.54. The highest BCUT2D eigenvalue weighted by Gasteiger charge is 2.25. The van der Waals surface area contributed by atoms with Gasteiger partial charge in [0.15, 0.2) is 11.5 Å². The van der Waals surface area contributed by atoms with E-state index in [1.807, 2.05) is 6.07 Å². The zero-order valence-electron chi connectivity index (χ0n) is 12.6. The fourth-order valence-corrected chi connectivity index (χ4v) is 3.36. The molecule has 4 rings (SSSR count). The first-order valence-electron chi connectivity index (χ1n) is 7.76. The van der Waals surface area contributed by atoms with Crippen molar-refractivity contribution in [1.29, 1.82) is 0 Å². The van der Waals surface area contributed by atoms with Gasteiger partial charge < -0.3 is 19.4 Å². The molecule has 1 fully saturated rings. The molecule has 2 aliphatic heterocycles. The van der Waals surface area contributed by atoms with E-state index in [-0.39, 0.29) is 0 Å². The van der Waals surface area contributed by atoms with Gasteiger partial charge in [-0.2, -0.15) is 0 Å². The van der Waals surface area contributed by atoms with E-state index < -0.39 is 0 Å². The third kappa shape index (κ3) is 2.07. The molecule has 2 aromatic rings. The van der Waals surface area contributed by atoms with E-state index in [1.165, 1.54) is 11.3 Å². The molecule has 1 N–H and O–H groups in total. The van der Waals surface area contributed by atoms with Gasteiger partial charge in [0.25, 0.3) is 0 Å². The van der Waals surface area contributed by atoms with Gasteiger partial charge in [0.2, 0.25) is 6.79 Å². The van der Waals surface area contributed by atoms with Crippen LogP contribution in [0, 0.1) is 0 Å². The van der Waals surface area contributed by atoms with Crippen molar-refractivity contribution in [2.24, 2.45) is 0 Å². The van der Waals surface area contributed by atoms with Crippen molar-refractivity contribution in [2.45, 2.75) is 38.6 Å². The van der Waals surface area contributed by atoms with E-state index in [1.54, 1.807) is 0 Å². The normalized spacial score (nSPS) is 18.8. The van der Waals surface area contributed by atoms with Crippen molar-refractivity contribution in [1.82, 2.24) is 14.9 Å². The van der Waals surface area contributed by atoms with Crippen molar-refractivity contribution in [3.05, 3.63) is 18.0 Å². The molecule has 0 bridgehead atoms. The standard InChI is InChI=1S/C16H21N3O2/c1-10(2)16-18-12-7-14-15(21-9-20-14)8-13(12)19(16)11-3-5-17-6-4-11/h7-8,10-11,17H,3-6,9H2,1-2H3. The van der Waals surface area contributed by atoms with Crippen LogP contribution in [-0.2, 0) is 0 Å². The number of piperidine rings is 1. The van der Waals surface area contributed by atoms with E-state index in [0.29, 0.717) is 18.8 Å². The topological polar surface area (TPSA) is 48.3 Å². The van der Waals surface area contributed by atoms with Gasteiger partial charge in [-0.1, -0.05) is 13.8 Å². The molecule has 0 spiro atoms. The lowest BCUT2D eigenvalue weighted by molar-refractivity contribution is 0.174. The summed E-state index contributed by atoms with van der Waals surface area (Å²) in [4.78, 5) is 4.87. The number of nitrogens with zero attached hydrogens (tertiary/aromatic N) is 2. The summed E-state index contributed by atoms with van der Waals surface area (Å²) in [6.07, 6.45) is 2.30. The van der Waals surface area contributed by atoms with Crippen LogP contribution in [-0.4, -0.2) is 29.4 Å². The van der Waals surface area contributed by atoms with Crippen molar-refractivity contribution >= 4 is 11.0 Å². The van der Waals surface area contributed by atoms with Crippen LogP contribution >= 0.6 is 0 Å². The number of fused-ring (bicyclic) bond motifs is 2. The van der Waals surface area contributed by atoms with Crippen LogP contribution in [0.15, 0.2) is 12.1 Å². The highest BCUT2D eigenvalue weighted by atomic mass is 16.7. The number of hydrogen-bond acceptors (Lipinski definition) is 4. The molecule has 0 aliphatic carbocycles. The number of aromatic nitrogens is 2. The maximum Gasteiger partial charge on any atom is 0.231 e. The predicted octanol–water partition coefficient (Wildman–Crippen LogP) is 2.81. The molecule has 0 atom stereocenters. The number of nitrogens with one attached hydrogen (secondary N) is 1. The average Bonchev–Trinajstić information content (AvgIpc) is 3.08. The Bertz CT molecular complexity index is 672. The molecule has 0 unspecified atom stereocenters. The first-order valence-corrected chi connectivity index (χ1v) is 7.76. The smallest absolute Gasteiger partial charge is 0.231 e. The van der Waals surface area contributed by atoms with Crippen LogP contribution in [0.1, 0.15) is 44.5 Å². The highest BCUT2D eigenvalue weighted by molar-refractivity contribution is 5.81. The van der Waals surface area contributed by atoms with E-state index in [9.17, 15) is 0 Å². The Labute approximate surface area is 124 Å². The predicted molar refractivity (Wildman–Crippen MR) is 81.1 cm³/mol. The third-order valence-electron chi connectivity index (χ3n) is 4.40. The van der Waals surface area contributed by atoms with Gasteiger partial charge in [-0.25, -0.2) is 4.98 Å². The van der Waals surface area contributed by atoms with E-state index >= 15 is 0 Å². The minimum Gasteiger partial charge on any atom is -0.454 e. The summed E-state index contributed by atoms with van der Waals surface area (Å²) in [6, 6.07) is 4.63. The summed E-state index contributed by atoms with van der Waals surface area (Å²) in [6.45, 7) is 6.88. The lowest BCUT2D eigenvalue weighted by Crippen LogP contribution is -2.30. The lowest BCUT2D eigenvalue weighted by atomic mass is 10.0. The molecule has 5 nitrogen and oxygen atoms in total. The number of imidazole rings is 1. The summed E-state index contributed by atoms with van der Waals surface area (Å²) in [5.41, 5.74) is 2.19. The van der Waals surface area contributed by atoms with Gasteiger partial charge in [0.1, 0.15) is 5.82 Å². The zero-order chi connectivity index (χ0) is 14.4. The summed E-state index contributed by atoms with van der Waals surface area (Å²) in [7, 11) is 0. The monoisotopic (exact) mass is 287 g/mol. The van der Waals surface area contributed by atoms with Crippen molar-refractivity contribution in [3.8, 4) is 11.5 Å². The Kier molecular flexibility index (Phi) is 3.03. The minimum absolute atomic E-state index is 0.312. The summed E-state index contributed by atoms with van der Waals surface area (Å²) in [5, 5.41) is 3.44. The van der Waals surface area contributed by atoms with Gasteiger partial charge in [0, 0.05) is 24.1 Å². The molecule has 0 saturated carbocycles. The third-order valence-corrected chi connectivity index (χ3v) is 4.40. The molecule has 1 aromatic carbocycles. The zero-order valence-corrected chi connectivity index (χ0v) is 12.6. The van der Waals surface area contributed by atoms with Gasteiger partial charge in [-0.15, -0.1) is 0 Å². The number of rotatable bonds is 2. The fraction of sp³-hybridized carbons (Fsp3) is 0.562. The van der Waals surface area contributed by atoms with Gasteiger partial charge in [-0.05, 0) is 25.9 Å². The van der Waals surface area contributed by atoms with Crippen LogP contribution < -0.4 is 14.8 Å². The minimum atomic E-state index is 0.312. The van der Waals surface area contributed by atoms with Crippen molar-refractivity contribution in [2.75, 3.05) is 19.9 Å². The Hall–Kier alpha value is -1.75. The van der Waals surface area contributed by atoms with E-state index in [2.05, 4.69) is 29.8 Å². The quantitative estimate of drug-likeness (QED) is 0.922. The Morgan fingerprint density at radius 3 is 2.62 bits per heavy atom. The molecule has 5 heteroatoms. The second-order valence-electron chi connectivity index (χ2n) is 6.17. The average molecular weight is 287 g/mol. The first-order chi connectivity index (χ1) is 10.2. The molecule has 0 amide bonds. The van der Waals surface area contributed by atoms with Crippen LogP contribution in [0.25, 0.3) is 11.0 Å². The van der Waals surface area contributed by atoms with Gasteiger partial charge in [0.05, 0.1) is 11.0 Å². The molecule has 3 heterocycles. The van der Waals surface area contributed by atoms with E-state index in [4.69, 9.17) is 14.5 Å². The van der Waals surface area contributed by atoms with Gasteiger partial charge in [-0.3, -0.25) is 0 Å². The molecule has 0 radical (unpaired) electrons. The lowest BCUT2D eigenvalue weighted by Gasteiger charge is -2.27. The van der Waals surface area contributed by atoms with Crippen molar-refractivity contribution in [3.63, 3.8) is 0 Å². The SMILES string of the molecule is CC(C)c1nc2cc3c(cc2n1C1CCNCC1)OCO3. The number of hydrogen-bond donors (Lipinski definition) is 1. The van der Waals surface area contributed by atoms with Crippen LogP contribution in [0.3, 0.4) is 0 Å². The molecular weight excluding hydrogens is 266 g/mol. The van der Waals surface area contributed by atoms with Crippen molar-refractivity contribution < 1.29 is 9.47 Å². The molecule has 1 saturated heterocycles. The first kappa shape index (κ1) is 13.0. The van der Waals surface area contributed by atoms with Crippen LogP contribution in [0.2, 0.25) is 0 Å². The second-order valence-corrected chi connectivity index (χ2v) is 6.17. The molecule has 21 heavy (non-hydrogen) atoms. The number of ether oxygens (including phenoxy) is 2. The number of benzene rings is 1. The maximum atomic E-state index is 5.54. The largest absolute Gasteiger partial charge is 0.454 e. The van der Waals surface area contributed by atoms with E-state index in [0.717, 1.165) is 42.9 Å². The Balaban J connectivity index is 1.90. The van der Waals surface area contributed by atoms with Gasteiger partial charge >= 0.3 is 0 Å². The molecular formula is C16H21N3O2. The summed E-state index contributed by atoms with van der Waals surface area (Å²) in [5.74, 6) is 3.23. The summed E-state index contributed by atoms with van der Waals surface area (Å²) < 4.78 is 13.5. The molecule has 1 aromatic heterocycles. The fourth-order valence-electron chi connectivity index (χ4n) is 3.36. The Morgan fingerprint density at radius 1 is 1.19 bits per heavy atom. The molecule has 112 valence electrons. The summed E-state index contributed by atoms with van der Waals surface area (Å²) >= 11 is 0. The van der Waals surface area contributed by atoms with Crippen LogP contribution in [0.5, 0.6) is 11.5 Å². The molecule has 2 aliphatic rings.